The van der Waals surface area contributed by atoms with Crippen molar-refractivity contribution in [3.63, 3.8) is 0 Å². The van der Waals surface area contributed by atoms with E-state index in [0.29, 0.717) is 12.0 Å². The molecule has 2 heterocycles. The number of carbonyl (C=O) groups excluding carboxylic acids is 1. The summed E-state index contributed by atoms with van der Waals surface area (Å²) < 4.78 is 11.7. The number of aromatic nitrogens is 4. The quantitative estimate of drug-likeness (QED) is 0.802. The Labute approximate surface area is 146 Å². The predicted octanol–water partition coefficient (Wildman–Crippen LogP) is 2.45. The third kappa shape index (κ3) is 4.00. The zero-order valence-corrected chi connectivity index (χ0v) is 15.0. The highest BCUT2D eigenvalue weighted by Crippen LogP contribution is 2.33. The van der Waals surface area contributed by atoms with Crippen molar-refractivity contribution in [2.45, 2.75) is 64.5 Å². The second-order valence-electron chi connectivity index (χ2n) is 6.47. The second kappa shape index (κ2) is 7.67. The Kier molecular flexibility index (Phi) is 5.35. The number of hydrogen-bond donors (Lipinski definition) is 1. The molecule has 2 aromatic rings. The number of rotatable bonds is 6. The summed E-state index contributed by atoms with van der Waals surface area (Å²) in [5, 5.41) is 11.8. The van der Waals surface area contributed by atoms with Gasteiger partial charge in [-0.15, -0.1) is 0 Å². The number of aryl methyl sites for hydroxylation is 1. The minimum atomic E-state index is -0.302. The van der Waals surface area contributed by atoms with Gasteiger partial charge in [-0.1, -0.05) is 12.1 Å². The predicted molar refractivity (Wildman–Crippen MR) is 91.3 cm³/mol. The topological polar surface area (TPSA) is 95.1 Å². The first-order chi connectivity index (χ1) is 12.1. The molecule has 8 heteroatoms. The van der Waals surface area contributed by atoms with Crippen molar-refractivity contribution in [2.24, 2.45) is 0 Å². The fraction of sp³-hybridized carbons (Fsp3) is 0.647. The summed E-state index contributed by atoms with van der Waals surface area (Å²) in [6.07, 6.45) is 6.70. The summed E-state index contributed by atoms with van der Waals surface area (Å²) >= 11 is 0. The number of esters is 1. The summed E-state index contributed by atoms with van der Waals surface area (Å²) in [4.78, 5) is 15.9. The highest BCUT2D eigenvalue weighted by atomic mass is 16.5. The largest absolute Gasteiger partial charge is 0.468 e. The van der Waals surface area contributed by atoms with Crippen molar-refractivity contribution in [1.82, 2.24) is 19.9 Å². The Morgan fingerprint density at radius 2 is 2.16 bits per heavy atom. The van der Waals surface area contributed by atoms with Gasteiger partial charge in [0.2, 0.25) is 5.89 Å². The van der Waals surface area contributed by atoms with E-state index in [-0.39, 0.29) is 12.5 Å². The van der Waals surface area contributed by atoms with E-state index in [9.17, 15) is 4.79 Å². The van der Waals surface area contributed by atoms with Gasteiger partial charge in [0.1, 0.15) is 6.54 Å². The van der Waals surface area contributed by atoms with Gasteiger partial charge in [0, 0.05) is 18.4 Å². The number of hydrogen-bond acceptors (Lipinski definition) is 7. The van der Waals surface area contributed by atoms with E-state index in [1.807, 2.05) is 13.8 Å². The Bertz CT molecular complexity index is 716. The number of ether oxygens (including phenoxy) is 1. The summed E-state index contributed by atoms with van der Waals surface area (Å²) in [6, 6.07) is 0.388. The number of methoxy groups -OCH3 is 1. The maximum atomic E-state index is 11.4. The lowest BCUT2D eigenvalue weighted by molar-refractivity contribution is -0.141. The third-order valence-corrected chi connectivity index (χ3v) is 4.85. The van der Waals surface area contributed by atoms with Crippen LogP contribution in [-0.2, 0) is 22.5 Å². The molecular formula is C17H25N5O3. The van der Waals surface area contributed by atoms with Crippen LogP contribution in [-0.4, -0.2) is 39.0 Å². The van der Waals surface area contributed by atoms with Gasteiger partial charge in [-0.05, 0) is 32.6 Å². The highest BCUT2D eigenvalue weighted by molar-refractivity contribution is 5.69. The lowest BCUT2D eigenvalue weighted by Gasteiger charge is -2.27. The van der Waals surface area contributed by atoms with E-state index < -0.39 is 0 Å². The van der Waals surface area contributed by atoms with Crippen LogP contribution in [0.1, 0.15) is 55.9 Å². The molecule has 1 fully saturated rings. The van der Waals surface area contributed by atoms with Crippen molar-refractivity contribution < 1.29 is 14.1 Å². The first-order valence-corrected chi connectivity index (χ1v) is 8.79. The molecule has 1 aliphatic rings. The first kappa shape index (κ1) is 17.4. The summed E-state index contributed by atoms with van der Waals surface area (Å²) in [5.74, 6) is 1.61. The van der Waals surface area contributed by atoms with Crippen LogP contribution in [0, 0.1) is 6.92 Å². The van der Waals surface area contributed by atoms with Crippen LogP contribution in [0.25, 0.3) is 0 Å². The molecule has 0 aromatic carbocycles. The molecule has 1 aliphatic carbocycles. The minimum Gasteiger partial charge on any atom is -0.468 e. The number of carbonyl (C=O) groups is 1. The van der Waals surface area contributed by atoms with Crippen LogP contribution in [0.4, 0.5) is 5.69 Å². The molecule has 0 atom stereocenters. The molecule has 0 spiro atoms. The zero-order chi connectivity index (χ0) is 17.8. The van der Waals surface area contributed by atoms with E-state index in [1.54, 1.807) is 10.9 Å². The van der Waals surface area contributed by atoms with Crippen LogP contribution >= 0.6 is 0 Å². The van der Waals surface area contributed by atoms with Gasteiger partial charge in [-0.3, -0.25) is 9.48 Å². The van der Waals surface area contributed by atoms with E-state index in [4.69, 9.17) is 9.26 Å². The minimum absolute atomic E-state index is 0.133. The molecule has 136 valence electrons. The van der Waals surface area contributed by atoms with Crippen LogP contribution in [0.2, 0.25) is 0 Å². The SMILES string of the molecule is CCc1noc(C2CCC(Nc3cnn(CC(=O)OC)c3C)CC2)n1. The highest BCUT2D eigenvalue weighted by Gasteiger charge is 2.27. The lowest BCUT2D eigenvalue weighted by Crippen LogP contribution is -2.25. The smallest absolute Gasteiger partial charge is 0.327 e. The maximum absolute atomic E-state index is 11.4. The average molecular weight is 347 g/mol. The van der Waals surface area contributed by atoms with E-state index >= 15 is 0 Å². The summed E-state index contributed by atoms with van der Waals surface area (Å²) in [7, 11) is 1.38. The van der Waals surface area contributed by atoms with Gasteiger partial charge in [0.15, 0.2) is 5.82 Å². The van der Waals surface area contributed by atoms with Gasteiger partial charge in [-0.25, -0.2) is 0 Å². The summed E-state index contributed by atoms with van der Waals surface area (Å²) in [6.45, 7) is 4.11. The molecule has 2 aromatic heterocycles. The van der Waals surface area contributed by atoms with Gasteiger partial charge >= 0.3 is 5.97 Å². The van der Waals surface area contributed by atoms with Gasteiger partial charge < -0.3 is 14.6 Å². The average Bonchev–Trinajstić information content (AvgIpc) is 3.24. The number of nitrogens with zero attached hydrogens (tertiary/aromatic N) is 4. The van der Waals surface area contributed by atoms with Crippen molar-refractivity contribution in [3.05, 3.63) is 23.6 Å². The fourth-order valence-corrected chi connectivity index (χ4v) is 3.22. The molecule has 1 N–H and O–H groups in total. The van der Waals surface area contributed by atoms with Crippen molar-refractivity contribution >= 4 is 11.7 Å². The van der Waals surface area contributed by atoms with E-state index in [2.05, 4.69) is 20.6 Å². The molecular weight excluding hydrogens is 322 g/mol. The Morgan fingerprint density at radius 3 is 2.80 bits per heavy atom. The molecule has 0 aliphatic heterocycles. The lowest BCUT2D eigenvalue weighted by atomic mass is 9.86. The number of anilines is 1. The van der Waals surface area contributed by atoms with Crippen molar-refractivity contribution in [1.29, 1.82) is 0 Å². The molecule has 3 rings (SSSR count). The van der Waals surface area contributed by atoms with Crippen molar-refractivity contribution in [2.75, 3.05) is 12.4 Å². The van der Waals surface area contributed by atoms with Gasteiger partial charge in [0.25, 0.3) is 0 Å². The normalized spacial score (nSPS) is 20.4. The fourth-order valence-electron chi connectivity index (χ4n) is 3.22. The number of nitrogens with one attached hydrogen (secondary N) is 1. The van der Waals surface area contributed by atoms with Crippen molar-refractivity contribution in [3.8, 4) is 0 Å². The van der Waals surface area contributed by atoms with Crippen LogP contribution in [0.5, 0.6) is 0 Å². The molecule has 0 amide bonds. The van der Waals surface area contributed by atoms with E-state index in [1.165, 1.54) is 7.11 Å². The second-order valence-corrected chi connectivity index (χ2v) is 6.47. The van der Waals surface area contributed by atoms with Gasteiger partial charge in [0.05, 0.1) is 24.7 Å². The Morgan fingerprint density at radius 1 is 1.40 bits per heavy atom. The monoisotopic (exact) mass is 347 g/mol. The zero-order valence-electron chi connectivity index (χ0n) is 15.0. The van der Waals surface area contributed by atoms with E-state index in [0.717, 1.165) is 55.2 Å². The van der Waals surface area contributed by atoms with Crippen LogP contribution in [0.15, 0.2) is 10.7 Å². The molecule has 0 saturated heterocycles. The van der Waals surface area contributed by atoms with Crippen LogP contribution < -0.4 is 5.32 Å². The molecule has 1 saturated carbocycles. The first-order valence-electron chi connectivity index (χ1n) is 8.79. The van der Waals surface area contributed by atoms with Crippen LogP contribution in [0.3, 0.4) is 0 Å². The Hall–Kier alpha value is -2.38. The maximum Gasteiger partial charge on any atom is 0.327 e. The third-order valence-electron chi connectivity index (χ3n) is 4.85. The molecule has 25 heavy (non-hydrogen) atoms. The molecule has 8 nitrogen and oxygen atoms in total. The Balaban J connectivity index is 1.54. The molecule has 0 unspecified atom stereocenters. The molecule has 0 bridgehead atoms. The summed E-state index contributed by atoms with van der Waals surface area (Å²) in [5.41, 5.74) is 1.91. The standard InChI is InChI=1S/C17H25N5O3/c1-4-15-20-17(25-21-15)12-5-7-13(8-6-12)19-14-9-18-22(11(14)2)10-16(23)24-3/h9,12-13,19H,4-8,10H2,1-3H3. The van der Waals surface area contributed by atoms with Gasteiger partial charge in [-0.2, -0.15) is 10.1 Å². The molecule has 0 radical (unpaired) electrons.